The van der Waals surface area contributed by atoms with E-state index in [1.54, 1.807) is 19.4 Å². The van der Waals surface area contributed by atoms with Gasteiger partial charge in [-0.1, -0.05) is 17.7 Å². The number of benzene rings is 2. The summed E-state index contributed by atoms with van der Waals surface area (Å²) in [6.07, 6.45) is 1.70. The van der Waals surface area contributed by atoms with E-state index in [-0.39, 0.29) is 0 Å². The number of aromatic nitrogens is 1. The Morgan fingerprint density at radius 3 is 2.48 bits per heavy atom. The Balaban J connectivity index is 1.33. The first-order valence-corrected chi connectivity index (χ1v) is 9.69. The minimum atomic E-state index is 0.297. The van der Waals surface area contributed by atoms with Crippen LogP contribution in [0.5, 0.6) is 23.0 Å². The summed E-state index contributed by atoms with van der Waals surface area (Å²) in [5, 5.41) is 2.69. The molecule has 0 radical (unpaired) electrons. The van der Waals surface area contributed by atoms with E-state index in [1.165, 1.54) is 5.56 Å². The molecule has 1 aliphatic heterocycles. The molecule has 0 bridgehead atoms. The fourth-order valence-corrected chi connectivity index (χ4v) is 3.20. The number of quaternary nitrogens is 1. The molecule has 0 spiro atoms. The molecule has 0 amide bonds. The fourth-order valence-electron chi connectivity index (χ4n) is 3.08. The number of pyridine rings is 1. The van der Waals surface area contributed by atoms with Crippen LogP contribution < -0.4 is 24.3 Å². The van der Waals surface area contributed by atoms with Gasteiger partial charge in [0.1, 0.15) is 24.8 Å². The summed E-state index contributed by atoms with van der Waals surface area (Å²) in [5.41, 5.74) is 3.29. The van der Waals surface area contributed by atoms with Crippen LogP contribution in [-0.2, 0) is 19.7 Å². The Morgan fingerprint density at radius 2 is 1.69 bits per heavy atom. The third kappa shape index (κ3) is 4.91. The average Bonchev–Trinajstić information content (AvgIpc) is 3.22. The molecular weight excluding hydrogens is 392 g/mol. The summed E-state index contributed by atoms with van der Waals surface area (Å²) >= 11 is 5.81. The molecule has 2 aromatic carbocycles. The van der Waals surface area contributed by atoms with Crippen molar-refractivity contribution in [3.63, 3.8) is 0 Å². The Kier molecular flexibility index (Phi) is 6.03. The smallest absolute Gasteiger partial charge is 0.231 e. The van der Waals surface area contributed by atoms with Crippen molar-refractivity contribution in [3.8, 4) is 23.0 Å². The predicted molar refractivity (Wildman–Crippen MR) is 108 cm³/mol. The molecule has 2 N–H and O–H groups in total. The highest BCUT2D eigenvalue weighted by atomic mass is 35.5. The summed E-state index contributed by atoms with van der Waals surface area (Å²) < 4.78 is 22.2. The molecule has 7 heteroatoms. The zero-order valence-corrected chi connectivity index (χ0v) is 16.8. The number of ether oxygens (including phenoxy) is 4. The van der Waals surface area contributed by atoms with Gasteiger partial charge in [-0.3, -0.25) is 0 Å². The molecule has 0 fully saturated rings. The first kappa shape index (κ1) is 19.4. The molecule has 150 valence electrons. The van der Waals surface area contributed by atoms with Crippen molar-refractivity contribution in [1.82, 2.24) is 4.98 Å². The topological polar surface area (TPSA) is 66.4 Å². The largest absolute Gasteiger partial charge is 0.493 e. The standard InChI is InChI=1S/C22H21ClN2O4/c1-26-20-8-15(2-5-18(20)27-13-17-4-7-22(23)25-12-17)10-24-11-16-3-6-19-21(9-16)29-14-28-19/h2-9,12,24H,10-11,13-14H2,1H3/p+1. The average molecular weight is 414 g/mol. The Bertz CT molecular complexity index is 979. The Morgan fingerprint density at radius 1 is 0.931 bits per heavy atom. The fraction of sp³-hybridized carbons (Fsp3) is 0.227. The zero-order valence-electron chi connectivity index (χ0n) is 16.1. The van der Waals surface area contributed by atoms with Gasteiger partial charge in [0.25, 0.3) is 0 Å². The molecule has 0 saturated carbocycles. The summed E-state index contributed by atoms with van der Waals surface area (Å²) in [5.74, 6) is 3.03. The van der Waals surface area contributed by atoms with E-state index >= 15 is 0 Å². The number of nitrogens with two attached hydrogens (primary N) is 1. The van der Waals surface area contributed by atoms with Crippen molar-refractivity contribution in [2.45, 2.75) is 19.7 Å². The summed E-state index contributed by atoms with van der Waals surface area (Å²) in [6, 6.07) is 15.7. The van der Waals surface area contributed by atoms with Gasteiger partial charge in [-0.2, -0.15) is 0 Å². The van der Waals surface area contributed by atoms with Gasteiger partial charge >= 0.3 is 0 Å². The van der Waals surface area contributed by atoms with Gasteiger partial charge in [0.15, 0.2) is 23.0 Å². The summed E-state index contributed by atoms with van der Waals surface area (Å²) in [6.45, 7) is 2.37. The van der Waals surface area contributed by atoms with Crippen LogP contribution in [0.4, 0.5) is 0 Å². The van der Waals surface area contributed by atoms with Crippen LogP contribution in [0.25, 0.3) is 0 Å². The van der Waals surface area contributed by atoms with Gasteiger partial charge in [-0.05, 0) is 42.5 Å². The number of hydrogen-bond acceptors (Lipinski definition) is 5. The molecule has 3 aromatic rings. The molecule has 1 aliphatic rings. The van der Waals surface area contributed by atoms with Crippen molar-refractivity contribution in [3.05, 3.63) is 76.6 Å². The van der Waals surface area contributed by atoms with Gasteiger partial charge in [0, 0.05) is 22.9 Å². The van der Waals surface area contributed by atoms with E-state index in [9.17, 15) is 0 Å². The van der Waals surface area contributed by atoms with Gasteiger partial charge in [-0.15, -0.1) is 0 Å². The highest BCUT2D eigenvalue weighted by molar-refractivity contribution is 6.29. The molecule has 29 heavy (non-hydrogen) atoms. The second-order valence-corrected chi connectivity index (χ2v) is 7.03. The summed E-state index contributed by atoms with van der Waals surface area (Å²) in [4.78, 5) is 4.06. The minimum absolute atomic E-state index is 0.297. The van der Waals surface area contributed by atoms with E-state index in [0.29, 0.717) is 30.1 Å². The molecule has 4 rings (SSSR count). The second kappa shape index (κ2) is 9.03. The second-order valence-electron chi connectivity index (χ2n) is 6.65. The molecule has 6 nitrogen and oxygen atoms in total. The molecule has 0 atom stereocenters. The first-order valence-electron chi connectivity index (χ1n) is 9.31. The van der Waals surface area contributed by atoms with Crippen LogP contribution in [0, 0.1) is 0 Å². The van der Waals surface area contributed by atoms with Gasteiger partial charge < -0.3 is 24.3 Å². The number of halogens is 1. The van der Waals surface area contributed by atoms with E-state index in [4.69, 9.17) is 30.5 Å². The molecule has 0 saturated heterocycles. The third-order valence-corrected chi connectivity index (χ3v) is 4.83. The van der Waals surface area contributed by atoms with Crippen molar-refractivity contribution >= 4 is 11.6 Å². The molecule has 1 aromatic heterocycles. The Labute approximate surface area is 174 Å². The maximum atomic E-state index is 5.88. The maximum Gasteiger partial charge on any atom is 0.231 e. The lowest BCUT2D eigenvalue weighted by Gasteiger charge is -2.12. The molecule has 0 unspecified atom stereocenters. The van der Waals surface area contributed by atoms with Crippen molar-refractivity contribution in [2.24, 2.45) is 0 Å². The number of rotatable bonds is 8. The predicted octanol–water partition coefficient (Wildman–Crippen LogP) is 3.31. The highest BCUT2D eigenvalue weighted by Crippen LogP contribution is 2.32. The lowest BCUT2D eigenvalue weighted by molar-refractivity contribution is -0.686. The van der Waals surface area contributed by atoms with E-state index in [1.807, 2.05) is 36.4 Å². The quantitative estimate of drug-likeness (QED) is 0.574. The van der Waals surface area contributed by atoms with E-state index in [0.717, 1.165) is 35.7 Å². The van der Waals surface area contributed by atoms with Crippen molar-refractivity contribution < 1.29 is 24.3 Å². The van der Waals surface area contributed by atoms with Crippen LogP contribution in [0.2, 0.25) is 5.15 Å². The lowest BCUT2D eigenvalue weighted by Crippen LogP contribution is -2.80. The SMILES string of the molecule is COc1cc(C[NH2+]Cc2ccc3c(c2)OCO3)ccc1OCc1ccc(Cl)nc1. The number of hydrogen-bond donors (Lipinski definition) is 1. The molecule has 0 aliphatic carbocycles. The van der Waals surface area contributed by atoms with Crippen molar-refractivity contribution in [1.29, 1.82) is 0 Å². The van der Waals surface area contributed by atoms with Crippen LogP contribution in [-0.4, -0.2) is 18.9 Å². The minimum Gasteiger partial charge on any atom is -0.493 e. The highest BCUT2D eigenvalue weighted by Gasteiger charge is 2.14. The number of methoxy groups -OCH3 is 1. The zero-order chi connectivity index (χ0) is 20.1. The van der Waals surface area contributed by atoms with Gasteiger partial charge in [-0.25, -0.2) is 4.98 Å². The van der Waals surface area contributed by atoms with Crippen LogP contribution >= 0.6 is 11.6 Å². The number of fused-ring (bicyclic) bond motifs is 1. The first-order chi connectivity index (χ1) is 14.2. The normalized spacial score (nSPS) is 12.1. The Hall–Kier alpha value is -2.96. The number of nitrogens with zero attached hydrogens (tertiary/aromatic N) is 1. The van der Waals surface area contributed by atoms with E-state index < -0.39 is 0 Å². The van der Waals surface area contributed by atoms with E-state index in [2.05, 4.69) is 16.4 Å². The van der Waals surface area contributed by atoms with Gasteiger partial charge in [0.2, 0.25) is 6.79 Å². The maximum absolute atomic E-state index is 5.88. The third-order valence-electron chi connectivity index (χ3n) is 4.61. The van der Waals surface area contributed by atoms with Crippen molar-refractivity contribution in [2.75, 3.05) is 13.9 Å². The lowest BCUT2D eigenvalue weighted by atomic mass is 10.1. The van der Waals surface area contributed by atoms with Crippen LogP contribution in [0.1, 0.15) is 16.7 Å². The summed E-state index contributed by atoms with van der Waals surface area (Å²) in [7, 11) is 1.64. The van der Waals surface area contributed by atoms with Crippen LogP contribution in [0.3, 0.4) is 0 Å². The monoisotopic (exact) mass is 413 g/mol. The molecule has 2 heterocycles. The molecular formula is C22H22ClN2O4+. The van der Waals surface area contributed by atoms with Gasteiger partial charge in [0.05, 0.1) is 7.11 Å². The van der Waals surface area contributed by atoms with Crippen LogP contribution in [0.15, 0.2) is 54.7 Å².